The lowest BCUT2D eigenvalue weighted by atomic mass is 10.2. The van der Waals surface area contributed by atoms with Crippen LogP contribution in [0.1, 0.15) is 10.4 Å². The molecule has 9 nitrogen and oxygen atoms in total. The summed E-state index contributed by atoms with van der Waals surface area (Å²) in [5, 5.41) is 18.0. The summed E-state index contributed by atoms with van der Waals surface area (Å²) in [7, 11) is 0. The summed E-state index contributed by atoms with van der Waals surface area (Å²) in [5.41, 5.74) is 2.61. The number of nitro benzene ring substituents is 1. The molecule has 0 bridgehead atoms. The number of carbonyl (C=O) groups excluding carboxylic acids is 1. The van der Waals surface area contributed by atoms with Crippen LogP contribution in [0, 0.1) is 10.1 Å². The number of non-ortho nitro benzene ring substituents is 1. The molecule has 4 rings (SSSR count). The van der Waals surface area contributed by atoms with Gasteiger partial charge < -0.3 is 15.0 Å². The zero-order valence-electron chi connectivity index (χ0n) is 15.8. The minimum absolute atomic E-state index is 0.00540. The summed E-state index contributed by atoms with van der Waals surface area (Å²) < 4.78 is 7.77. The number of nitrogens with one attached hydrogen (secondary N) is 1. The number of aromatic nitrogens is 2. The minimum Gasteiger partial charge on any atom is -0.378 e. The number of carbonyl (C=O) groups is 1. The summed E-state index contributed by atoms with van der Waals surface area (Å²) in [6.07, 6.45) is 3.05. The molecule has 2 aromatic carbocycles. The lowest BCUT2D eigenvalue weighted by molar-refractivity contribution is -0.384. The topological polar surface area (TPSA) is 103 Å². The third kappa shape index (κ3) is 4.34. The molecule has 0 atom stereocenters. The molecule has 1 fully saturated rings. The standard InChI is InChI=1S/C20H18BrN5O4/c21-15-1-6-19(24-7-9-30-10-8-24)18(11-15)23-20(27)14-12-22-25(13-14)16-2-4-17(5-3-16)26(28)29/h1-6,11-13H,7-10H2,(H,23,27). The van der Waals surface area contributed by atoms with E-state index in [0.29, 0.717) is 30.2 Å². The van der Waals surface area contributed by atoms with Crippen molar-refractivity contribution in [3.8, 4) is 5.69 Å². The van der Waals surface area contributed by atoms with Crippen LogP contribution in [0.15, 0.2) is 59.3 Å². The van der Waals surface area contributed by atoms with Gasteiger partial charge in [0.1, 0.15) is 0 Å². The molecule has 1 aromatic heterocycles. The fourth-order valence-corrected chi connectivity index (χ4v) is 3.55. The first-order chi connectivity index (χ1) is 14.5. The zero-order valence-corrected chi connectivity index (χ0v) is 17.4. The van der Waals surface area contributed by atoms with Crippen molar-refractivity contribution in [2.45, 2.75) is 0 Å². The molecule has 1 aliphatic heterocycles. The highest BCUT2D eigenvalue weighted by Gasteiger charge is 2.18. The Balaban J connectivity index is 1.53. The van der Waals surface area contributed by atoms with Gasteiger partial charge in [-0.25, -0.2) is 4.68 Å². The van der Waals surface area contributed by atoms with E-state index in [2.05, 4.69) is 31.2 Å². The maximum atomic E-state index is 12.8. The summed E-state index contributed by atoms with van der Waals surface area (Å²) in [6, 6.07) is 11.7. The smallest absolute Gasteiger partial charge is 0.269 e. The van der Waals surface area contributed by atoms with E-state index in [4.69, 9.17) is 4.74 Å². The van der Waals surface area contributed by atoms with Crippen LogP contribution in [-0.4, -0.2) is 46.9 Å². The van der Waals surface area contributed by atoms with E-state index in [1.165, 1.54) is 23.0 Å². The molecule has 0 unspecified atom stereocenters. The van der Waals surface area contributed by atoms with Crippen LogP contribution < -0.4 is 10.2 Å². The normalized spacial score (nSPS) is 13.8. The monoisotopic (exact) mass is 471 g/mol. The molecule has 1 amide bonds. The van der Waals surface area contributed by atoms with Crippen molar-refractivity contribution in [1.82, 2.24) is 9.78 Å². The highest BCUT2D eigenvalue weighted by molar-refractivity contribution is 9.10. The van der Waals surface area contributed by atoms with Crippen LogP contribution >= 0.6 is 15.9 Å². The molecule has 1 aliphatic rings. The number of nitrogens with zero attached hydrogens (tertiary/aromatic N) is 4. The van der Waals surface area contributed by atoms with Crippen LogP contribution in [0.2, 0.25) is 0 Å². The first kappa shape index (κ1) is 20.0. The van der Waals surface area contributed by atoms with Crippen LogP contribution in [0.25, 0.3) is 5.69 Å². The zero-order chi connectivity index (χ0) is 21.1. The highest BCUT2D eigenvalue weighted by atomic mass is 79.9. The number of hydrogen-bond acceptors (Lipinski definition) is 6. The Kier molecular flexibility index (Phi) is 5.77. The van der Waals surface area contributed by atoms with Crippen LogP contribution in [-0.2, 0) is 4.74 Å². The number of benzene rings is 2. The van der Waals surface area contributed by atoms with Crippen molar-refractivity contribution in [2.24, 2.45) is 0 Å². The minimum atomic E-state index is -0.463. The molecule has 0 spiro atoms. The third-order valence-electron chi connectivity index (χ3n) is 4.73. The van der Waals surface area contributed by atoms with Gasteiger partial charge >= 0.3 is 0 Å². The Labute approximate surface area is 180 Å². The molecule has 3 aromatic rings. The van der Waals surface area contributed by atoms with Gasteiger partial charge in [-0.05, 0) is 30.3 Å². The van der Waals surface area contributed by atoms with Gasteiger partial charge in [0.25, 0.3) is 11.6 Å². The van der Waals surface area contributed by atoms with Crippen molar-refractivity contribution in [1.29, 1.82) is 0 Å². The molecule has 2 heterocycles. The SMILES string of the molecule is O=C(Nc1cc(Br)ccc1N1CCOCC1)c1cnn(-c2ccc([N+](=O)[O-])cc2)c1. The predicted octanol–water partition coefficient (Wildman–Crippen LogP) is 3.63. The fourth-order valence-electron chi connectivity index (χ4n) is 3.19. The molecular weight excluding hydrogens is 454 g/mol. The molecule has 30 heavy (non-hydrogen) atoms. The van der Waals surface area contributed by atoms with E-state index in [1.807, 2.05) is 18.2 Å². The quantitative estimate of drug-likeness (QED) is 0.450. The van der Waals surface area contributed by atoms with E-state index >= 15 is 0 Å². The van der Waals surface area contributed by atoms with E-state index in [0.717, 1.165) is 23.2 Å². The summed E-state index contributed by atoms with van der Waals surface area (Å²) in [4.78, 5) is 25.3. The van der Waals surface area contributed by atoms with Crippen LogP contribution in [0.3, 0.4) is 0 Å². The van der Waals surface area contributed by atoms with Gasteiger partial charge in [0.15, 0.2) is 0 Å². The average molecular weight is 472 g/mol. The largest absolute Gasteiger partial charge is 0.378 e. The predicted molar refractivity (Wildman–Crippen MR) is 115 cm³/mol. The maximum absolute atomic E-state index is 12.8. The van der Waals surface area contributed by atoms with Gasteiger partial charge in [0, 0.05) is 35.9 Å². The van der Waals surface area contributed by atoms with Gasteiger partial charge in [-0.3, -0.25) is 14.9 Å². The Morgan fingerprint density at radius 3 is 2.60 bits per heavy atom. The number of halogens is 1. The second-order valence-electron chi connectivity index (χ2n) is 6.66. The summed E-state index contributed by atoms with van der Waals surface area (Å²) in [5.74, 6) is -0.296. The lowest BCUT2D eigenvalue weighted by Gasteiger charge is -2.30. The van der Waals surface area contributed by atoms with E-state index in [-0.39, 0.29) is 11.6 Å². The van der Waals surface area contributed by atoms with Gasteiger partial charge in [-0.2, -0.15) is 5.10 Å². The Bertz CT molecular complexity index is 1080. The first-order valence-corrected chi connectivity index (χ1v) is 10.0. The molecule has 10 heteroatoms. The van der Waals surface area contributed by atoms with Crippen molar-refractivity contribution in [3.05, 3.63) is 75.0 Å². The number of morpholine rings is 1. The van der Waals surface area contributed by atoms with E-state index in [1.54, 1.807) is 18.3 Å². The van der Waals surface area contributed by atoms with Crippen molar-refractivity contribution in [2.75, 3.05) is 36.5 Å². The Morgan fingerprint density at radius 2 is 1.90 bits per heavy atom. The van der Waals surface area contributed by atoms with Gasteiger partial charge in [-0.15, -0.1) is 0 Å². The van der Waals surface area contributed by atoms with Crippen molar-refractivity contribution in [3.63, 3.8) is 0 Å². The molecule has 154 valence electrons. The summed E-state index contributed by atoms with van der Waals surface area (Å²) in [6.45, 7) is 2.79. The van der Waals surface area contributed by atoms with E-state index < -0.39 is 4.92 Å². The van der Waals surface area contributed by atoms with E-state index in [9.17, 15) is 14.9 Å². The number of nitro groups is 1. The molecule has 0 saturated carbocycles. The maximum Gasteiger partial charge on any atom is 0.269 e. The molecule has 1 N–H and O–H groups in total. The van der Waals surface area contributed by atoms with Gasteiger partial charge in [0.2, 0.25) is 0 Å². The highest BCUT2D eigenvalue weighted by Crippen LogP contribution is 2.30. The number of hydrogen-bond donors (Lipinski definition) is 1. The van der Waals surface area contributed by atoms with Crippen molar-refractivity contribution < 1.29 is 14.5 Å². The second kappa shape index (κ2) is 8.64. The van der Waals surface area contributed by atoms with Crippen molar-refractivity contribution >= 4 is 38.9 Å². The Morgan fingerprint density at radius 1 is 1.17 bits per heavy atom. The third-order valence-corrected chi connectivity index (χ3v) is 5.22. The Hall–Kier alpha value is -3.24. The number of ether oxygens (including phenoxy) is 1. The number of rotatable bonds is 5. The first-order valence-electron chi connectivity index (χ1n) is 9.24. The molecule has 0 aliphatic carbocycles. The molecule has 1 saturated heterocycles. The average Bonchev–Trinajstić information content (AvgIpc) is 3.25. The molecular formula is C20H18BrN5O4. The number of amides is 1. The summed E-state index contributed by atoms with van der Waals surface area (Å²) >= 11 is 3.46. The van der Waals surface area contributed by atoms with Crippen LogP contribution in [0.4, 0.5) is 17.1 Å². The van der Waals surface area contributed by atoms with Crippen LogP contribution in [0.5, 0.6) is 0 Å². The lowest BCUT2D eigenvalue weighted by Crippen LogP contribution is -2.36. The molecule has 0 radical (unpaired) electrons. The van der Waals surface area contributed by atoms with Gasteiger partial charge in [0.05, 0.1) is 47.0 Å². The number of anilines is 2. The fraction of sp³-hybridized carbons (Fsp3) is 0.200. The second-order valence-corrected chi connectivity index (χ2v) is 7.58. The van der Waals surface area contributed by atoms with Gasteiger partial charge in [-0.1, -0.05) is 15.9 Å².